The maximum atomic E-state index is 11.2. The van der Waals surface area contributed by atoms with Gasteiger partial charge in [0.15, 0.2) is 0 Å². The third-order valence-electron chi connectivity index (χ3n) is 3.03. The highest BCUT2D eigenvalue weighted by Gasteiger charge is 2.05. The monoisotopic (exact) mass is 298 g/mol. The summed E-state index contributed by atoms with van der Waals surface area (Å²) >= 11 is 0. The molecule has 5 heteroatoms. The second kappa shape index (κ2) is 8.27. The summed E-state index contributed by atoms with van der Waals surface area (Å²) in [6.45, 7) is 7.65. The zero-order valence-corrected chi connectivity index (χ0v) is 13.5. The maximum absolute atomic E-state index is 11.2. The molecule has 1 rings (SSSR count). The molecule has 0 bridgehead atoms. The molecule has 0 saturated carbocycles. The Kier molecular flexibility index (Phi) is 7.02. The molecular weight excluding hydrogens is 272 g/mol. The summed E-state index contributed by atoms with van der Waals surface area (Å²) in [5, 5.41) is 0. The Balaban J connectivity index is 2.61. The molecule has 0 aliphatic carbocycles. The summed E-state index contributed by atoms with van der Waals surface area (Å²) in [6, 6.07) is 7.63. The van der Waals surface area contributed by atoms with Crippen LogP contribution >= 0.6 is 0 Å². The average molecular weight is 298 g/mol. The van der Waals surface area contributed by atoms with Gasteiger partial charge in [-0.15, -0.1) is 0 Å². The highest BCUT2D eigenvalue weighted by atomic mass is 32.2. The number of hydrogen-bond donors (Lipinski definition) is 1. The van der Waals surface area contributed by atoms with E-state index in [1.165, 1.54) is 6.26 Å². The lowest BCUT2D eigenvalue weighted by Gasteiger charge is -2.20. The predicted octanol–water partition coefficient (Wildman–Crippen LogP) is 2.72. The molecule has 0 fully saturated rings. The first-order chi connectivity index (χ1) is 9.44. The van der Waals surface area contributed by atoms with Crippen LogP contribution in [0, 0.1) is 0 Å². The van der Waals surface area contributed by atoms with E-state index >= 15 is 0 Å². The van der Waals surface area contributed by atoms with Crippen molar-refractivity contribution < 1.29 is 8.42 Å². The molecule has 0 spiro atoms. The second-order valence-electron chi connectivity index (χ2n) is 5.17. The van der Waals surface area contributed by atoms with E-state index in [1.54, 1.807) is 6.07 Å². The first kappa shape index (κ1) is 17.0. The summed E-state index contributed by atoms with van der Waals surface area (Å²) in [4.78, 5) is 2.46. The summed E-state index contributed by atoms with van der Waals surface area (Å²) in [7, 11) is -3.20. The van der Waals surface area contributed by atoms with Gasteiger partial charge in [0.1, 0.15) is 0 Å². The first-order valence-electron chi connectivity index (χ1n) is 7.23. The zero-order valence-electron chi connectivity index (χ0n) is 12.7. The van der Waals surface area contributed by atoms with Gasteiger partial charge < -0.3 is 4.90 Å². The van der Waals surface area contributed by atoms with E-state index in [4.69, 9.17) is 0 Å². The Hall–Kier alpha value is -1.07. The molecule has 1 aromatic carbocycles. The van der Waals surface area contributed by atoms with Crippen LogP contribution in [0.5, 0.6) is 0 Å². The van der Waals surface area contributed by atoms with Gasteiger partial charge in [0.25, 0.3) is 0 Å². The minimum Gasteiger partial charge on any atom is -0.303 e. The highest BCUT2D eigenvalue weighted by molar-refractivity contribution is 7.92. The largest absolute Gasteiger partial charge is 0.303 e. The lowest BCUT2D eigenvalue weighted by atomic mass is 10.1. The van der Waals surface area contributed by atoms with Crippen LogP contribution < -0.4 is 4.72 Å². The van der Waals surface area contributed by atoms with Crippen molar-refractivity contribution >= 4 is 15.7 Å². The molecule has 4 nitrogen and oxygen atoms in total. The molecular formula is C15H26N2O2S. The van der Waals surface area contributed by atoms with Gasteiger partial charge in [-0.2, -0.15) is 0 Å². The van der Waals surface area contributed by atoms with Gasteiger partial charge in [0.2, 0.25) is 10.0 Å². The fourth-order valence-corrected chi connectivity index (χ4v) is 2.81. The van der Waals surface area contributed by atoms with Crippen LogP contribution in [0.25, 0.3) is 0 Å². The smallest absolute Gasteiger partial charge is 0.229 e. The molecule has 114 valence electrons. The average Bonchev–Trinajstić information content (AvgIpc) is 2.35. The van der Waals surface area contributed by atoms with Crippen molar-refractivity contribution in [3.8, 4) is 0 Å². The minimum atomic E-state index is -3.20. The number of nitrogens with zero attached hydrogens (tertiary/aromatic N) is 1. The van der Waals surface area contributed by atoms with Crippen molar-refractivity contribution in [3.63, 3.8) is 0 Å². The summed E-state index contributed by atoms with van der Waals surface area (Å²) in [6.07, 6.45) is 4.44. The Bertz CT molecular complexity index is 494. The van der Waals surface area contributed by atoms with Crippen LogP contribution in [0.4, 0.5) is 5.69 Å². The Morgan fingerprint density at radius 3 is 2.30 bits per heavy atom. The molecule has 1 N–H and O–H groups in total. The van der Waals surface area contributed by atoms with E-state index in [0.717, 1.165) is 44.5 Å². The third-order valence-corrected chi connectivity index (χ3v) is 3.63. The summed E-state index contributed by atoms with van der Waals surface area (Å²) in [5.74, 6) is 0. The molecule has 20 heavy (non-hydrogen) atoms. The standard InChI is InChI=1S/C15H26N2O2S/c1-4-10-17(11-5-2)12-9-14-7-6-8-15(13-14)16-20(3,18)19/h6-8,13,16H,4-5,9-12H2,1-3H3. The van der Waals surface area contributed by atoms with E-state index in [0.29, 0.717) is 5.69 Å². The maximum Gasteiger partial charge on any atom is 0.229 e. The molecule has 0 amide bonds. The topological polar surface area (TPSA) is 49.4 Å². The minimum absolute atomic E-state index is 0.641. The summed E-state index contributed by atoms with van der Waals surface area (Å²) in [5.41, 5.74) is 1.80. The van der Waals surface area contributed by atoms with Crippen LogP contribution in [0.15, 0.2) is 24.3 Å². The molecule has 0 saturated heterocycles. The molecule has 0 aliphatic heterocycles. The molecule has 0 atom stereocenters. The molecule has 0 aliphatic rings. The van der Waals surface area contributed by atoms with Crippen LogP contribution in [0.1, 0.15) is 32.3 Å². The number of benzene rings is 1. The van der Waals surface area contributed by atoms with Gasteiger partial charge in [-0.3, -0.25) is 4.72 Å². The van der Waals surface area contributed by atoms with Gasteiger partial charge in [0.05, 0.1) is 6.26 Å². The van der Waals surface area contributed by atoms with Gasteiger partial charge in [-0.1, -0.05) is 26.0 Å². The quantitative estimate of drug-likeness (QED) is 0.762. The van der Waals surface area contributed by atoms with Gasteiger partial charge in [-0.05, 0) is 50.0 Å². The number of sulfonamides is 1. The SMILES string of the molecule is CCCN(CCC)CCc1cccc(NS(C)(=O)=O)c1. The lowest BCUT2D eigenvalue weighted by Crippen LogP contribution is -2.27. The normalized spacial score (nSPS) is 11.8. The number of rotatable bonds is 9. The number of hydrogen-bond acceptors (Lipinski definition) is 3. The van der Waals surface area contributed by atoms with Crippen molar-refractivity contribution in [2.75, 3.05) is 30.6 Å². The molecule has 0 radical (unpaired) electrons. The molecule has 0 unspecified atom stereocenters. The molecule has 0 aromatic heterocycles. The fraction of sp³-hybridized carbons (Fsp3) is 0.600. The van der Waals surface area contributed by atoms with E-state index in [9.17, 15) is 8.42 Å². The molecule has 1 aromatic rings. The number of anilines is 1. The van der Waals surface area contributed by atoms with Crippen molar-refractivity contribution in [2.45, 2.75) is 33.1 Å². The second-order valence-corrected chi connectivity index (χ2v) is 6.91. The van der Waals surface area contributed by atoms with Crippen LogP contribution in [0.3, 0.4) is 0 Å². The van der Waals surface area contributed by atoms with Crippen LogP contribution in [-0.2, 0) is 16.4 Å². The van der Waals surface area contributed by atoms with Gasteiger partial charge in [0, 0.05) is 12.2 Å². The van der Waals surface area contributed by atoms with Crippen molar-refractivity contribution in [2.24, 2.45) is 0 Å². The van der Waals surface area contributed by atoms with Crippen LogP contribution in [-0.4, -0.2) is 39.2 Å². The van der Waals surface area contributed by atoms with Gasteiger partial charge >= 0.3 is 0 Å². The van der Waals surface area contributed by atoms with Crippen molar-refractivity contribution in [1.29, 1.82) is 0 Å². The lowest BCUT2D eigenvalue weighted by molar-refractivity contribution is 0.278. The van der Waals surface area contributed by atoms with Crippen LogP contribution in [0.2, 0.25) is 0 Å². The molecule has 0 heterocycles. The zero-order chi connectivity index (χ0) is 15.0. The van der Waals surface area contributed by atoms with E-state index in [2.05, 4.69) is 23.5 Å². The van der Waals surface area contributed by atoms with E-state index in [1.807, 2.05) is 18.2 Å². The summed E-state index contributed by atoms with van der Waals surface area (Å²) < 4.78 is 25.0. The Labute approximate surface area is 123 Å². The van der Waals surface area contributed by atoms with Gasteiger partial charge in [-0.25, -0.2) is 8.42 Å². The Morgan fingerprint density at radius 1 is 1.10 bits per heavy atom. The predicted molar refractivity (Wildman–Crippen MR) is 85.6 cm³/mol. The fourth-order valence-electron chi connectivity index (χ4n) is 2.26. The highest BCUT2D eigenvalue weighted by Crippen LogP contribution is 2.13. The Morgan fingerprint density at radius 2 is 1.75 bits per heavy atom. The van der Waals surface area contributed by atoms with E-state index < -0.39 is 10.0 Å². The third kappa shape index (κ3) is 6.91. The first-order valence-corrected chi connectivity index (χ1v) is 9.12. The van der Waals surface area contributed by atoms with Crippen molar-refractivity contribution in [3.05, 3.63) is 29.8 Å². The van der Waals surface area contributed by atoms with Crippen molar-refractivity contribution in [1.82, 2.24) is 4.90 Å². The number of nitrogens with one attached hydrogen (secondary N) is 1. The van der Waals surface area contributed by atoms with E-state index in [-0.39, 0.29) is 0 Å².